The van der Waals surface area contributed by atoms with Gasteiger partial charge in [0.1, 0.15) is 0 Å². The van der Waals surface area contributed by atoms with Crippen LogP contribution in [0.4, 0.5) is 0 Å². The molecule has 0 spiro atoms. The molecule has 2 aromatic carbocycles. The molecule has 2 atom stereocenters. The summed E-state index contributed by atoms with van der Waals surface area (Å²) in [7, 11) is 0. The highest BCUT2D eigenvalue weighted by Gasteiger charge is 2.30. The van der Waals surface area contributed by atoms with Gasteiger partial charge >= 0.3 is 0 Å². The Bertz CT molecular complexity index is 832. The van der Waals surface area contributed by atoms with Crippen LogP contribution in [0.2, 0.25) is 0 Å². The summed E-state index contributed by atoms with van der Waals surface area (Å²) in [5.74, 6) is -0.0517. The Kier molecular flexibility index (Phi) is 5.05. The third-order valence-corrected chi connectivity index (χ3v) is 6.06. The molecule has 0 fully saturated rings. The zero-order valence-electron chi connectivity index (χ0n) is 16.0. The van der Waals surface area contributed by atoms with Crippen LogP contribution in [-0.4, -0.2) is 16.0 Å². The van der Waals surface area contributed by atoms with Crippen molar-refractivity contribution in [2.75, 3.05) is 0 Å². The summed E-state index contributed by atoms with van der Waals surface area (Å²) in [5.41, 5.74) is 1.26. The van der Waals surface area contributed by atoms with Crippen molar-refractivity contribution in [1.82, 2.24) is 0 Å². The Morgan fingerprint density at radius 3 is 1.36 bits per heavy atom. The largest absolute Gasteiger partial charge is 0.385 e. The van der Waals surface area contributed by atoms with Crippen molar-refractivity contribution in [3.8, 4) is 0 Å². The average Bonchev–Trinajstić information content (AvgIpc) is 2.74. The van der Waals surface area contributed by atoms with Crippen molar-refractivity contribution in [3.63, 3.8) is 0 Å². The van der Waals surface area contributed by atoms with Gasteiger partial charge in [-0.15, -0.1) is 0 Å². The van der Waals surface area contributed by atoms with Gasteiger partial charge in [0.15, 0.2) is 5.78 Å². The van der Waals surface area contributed by atoms with Crippen LogP contribution in [0.1, 0.15) is 65.6 Å². The molecule has 4 rings (SSSR count). The molecular formula is C25H26O3. The van der Waals surface area contributed by atoms with Gasteiger partial charge in [-0.1, -0.05) is 72.8 Å². The molecule has 0 aromatic heterocycles. The molecule has 2 N–H and O–H groups in total. The summed E-state index contributed by atoms with van der Waals surface area (Å²) in [6, 6.07) is 14.6. The smallest absolute Gasteiger partial charge is 0.193 e. The second-order valence-electron chi connectivity index (χ2n) is 7.98. The van der Waals surface area contributed by atoms with E-state index in [1.807, 2.05) is 36.4 Å². The highest BCUT2D eigenvalue weighted by atomic mass is 16.3. The maximum Gasteiger partial charge on any atom is 0.193 e. The van der Waals surface area contributed by atoms with E-state index < -0.39 is 11.2 Å². The Morgan fingerprint density at radius 2 is 1.04 bits per heavy atom. The number of hydrogen-bond acceptors (Lipinski definition) is 3. The minimum absolute atomic E-state index is 0.0517. The number of allylic oxidation sites excluding steroid dienone is 2. The van der Waals surface area contributed by atoms with Crippen LogP contribution in [-0.2, 0) is 11.2 Å². The predicted molar refractivity (Wildman–Crippen MR) is 110 cm³/mol. The Hall–Kier alpha value is -2.49. The summed E-state index contributed by atoms with van der Waals surface area (Å²) in [6.07, 6.45) is 12.6. The maximum atomic E-state index is 12.8. The summed E-state index contributed by atoms with van der Waals surface area (Å²) in [4.78, 5) is 12.8. The second-order valence-corrected chi connectivity index (χ2v) is 7.98. The van der Waals surface area contributed by atoms with Crippen molar-refractivity contribution in [1.29, 1.82) is 0 Å². The molecule has 0 radical (unpaired) electrons. The molecular weight excluding hydrogens is 348 g/mol. The first-order valence-corrected chi connectivity index (χ1v) is 10.0. The Morgan fingerprint density at radius 1 is 0.643 bits per heavy atom. The molecule has 144 valence electrons. The highest BCUT2D eigenvalue weighted by Crippen LogP contribution is 2.35. The quantitative estimate of drug-likeness (QED) is 0.598. The van der Waals surface area contributed by atoms with Gasteiger partial charge in [-0.3, -0.25) is 4.79 Å². The number of carbonyl (C=O) groups is 1. The molecule has 0 aliphatic heterocycles. The molecule has 2 aromatic rings. The second kappa shape index (κ2) is 7.50. The molecule has 0 saturated heterocycles. The zero-order chi connectivity index (χ0) is 19.6. The van der Waals surface area contributed by atoms with E-state index in [4.69, 9.17) is 0 Å². The minimum Gasteiger partial charge on any atom is -0.385 e. The third kappa shape index (κ3) is 3.60. The van der Waals surface area contributed by atoms with E-state index >= 15 is 0 Å². The number of benzene rings is 2. The number of aliphatic hydroxyl groups is 2. The number of carbonyl (C=O) groups excluding carboxylic acids is 1. The summed E-state index contributed by atoms with van der Waals surface area (Å²) in [5, 5.41) is 21.6. The number of hydrogen-bond donors (Lipinski definition) is 2. The minimum atomic E-state index is -0.831. The van der Waals surface area contributed by atoms with Crippen LogP contribution in [0, 0.1) is 0 Å². The lowest BCUT2D eigenvalue weighted by Gasteiger charge is -2.30. The fraction of sp³-hybridized carbons (Fsp3) is 0.320. The first-order valence-electron chi connectivity index (χ1n) is 10.0. The van der Waals surface area contributed by atoms with E-state index in [0.29, 0.717) is 36.8 Å². The Labute approximate surface area is 166 Å². The SMILES string of the molecule is O=C(c1ccc(C2(O)CC=CCC2)cc1)c1ccc(C2(O)CC=CCC2)cc1. The predicted octanol–water partition coefficient (Wildman–Crippen LogP) is 4.77. The lowest BCUT2D eigenvalue weighted by atomic mass is 9.82. The number of ketones is 1. The normalized spacial score (nSPS) is 26.9. The van der Waals surface area contributed by atoms with Crippen molar-refractivity contribution in [2.24, 2.45) is 0 Å². The molecule has 2 unspecified atom stereocenters. The standard InChI is InChI=1S/C25H26O3/c26-23(19-7-11-21(12-8-19)24(27)15-3-1-4-16-24)20-9-13-22(14-10-20)25(28)17-5-2-6-18-25/h1-3,5,7-14,27-28H,4,6,15-18H2. The van der Waals surface area contributed by atoms with E-state index in [1.165, 1.54) is 0 Å². The van der Waals surface area contributed by atoms with Gasteiger partial charge in [0, 0.05) is 11.1 Å². The van der Waals surface area contributed by atoms with Gasteiger partial charge in [0.2, 0.25) is 0 Å². The molecule has 0 amide bonds. The van der Waals surface area contributed by atoms with Crippen LogP contribution in [0.3, 0.4) is 0 Å². The number of rotatable bonds is 4. The summed E-state index contributed by atoms with van der Waals surface area (Å²) < 4.78 is 0. The van der Waals surface area contributed by atoms with Crippen molar-refractivity contribution in [3.05, 3.63) is 95.1 Å². The maximum absolute atomic E-state index is 12.8. The first-order chi connectivity index (χ1) is 13.5. The van der Waals surface area contributed by atoms with Crippen LogP contribution < -0.4 is 0 Å². The lowest BCUT2D eigenvalue weighted by molar-refractivity contribution is 0.0271. The monoisotopic (exact) mass is 374 g/mol. The highest BCUT2D eigenvalue weighted by molar-refractivity contribution is 6.09. The fourth-order valence-electron chi connectivity index (χ4n) is 4.20. The van der Waals surface area contributed by atoms with Crippen molar-refractivity contribution in [2.45, 2.75) is 49.7 Å². The third-order valence-electron chi connectivity index (χ3n) is 6.06. The molecule has 0 bridgehead atoms. The van der Waals surface area contributed by atoms with E-state index in [9.17, 15) is 15.0 Å². The molecule has 0 saturated carbocycles. The summed E-state index contributed by atoms with van der Waals surface area (Å²) >= 11 is 0. The van der Waals surface area contributed by atoms with E-state index in [-0.39, 0.29) is 5.78 Å². The van der Waals surface area contributed by atoms with Crippen LogP contribution in [0.5, 0.6) is 0 Å². The van der Waals surface area contributed by atoms with Crippen molar-refractivity contribution < 1.29 is 15.0 Å². The van der Waals surface area contributed by atoms with E-state index in [2.05, 4.69) is 12.2 Å². The van der Waals surface area contributed by atoms with Gasteiger partial charge in [0.25, 0.3) is 0 Å². The molecule has 3 heteroatoms. The van der Waals surface area contributed by atoms with Crippen LogP contribution >= 0.6 is 0 Å². The Balaban J connectivity index is 1.51. The van der Waals surface area contributed by atoms with E-state index in [1.54, 1.807) is 24.3 Å². The zero-order valence-corrected chi connectivity index (χ0v) is 16.0. The van der Waals surface area contributed by atoms with Crippen LogP contribution in [0.25, 0.3) is 0 Å². The molecule has 3 nitrogen and oxygen atoms in total. The van der Waals surface area contributed by atoms with Gasteiger partial charge in [-0.25, -0.2) is 0 Å². The van der Waals surface area contributed by atoms with Gasteiger partial charge < -0.3 is 10.2 Å². The van der Waals surface area contributed by atoms with Crippen molar-refractivity contribution >= 4 is 5.78 Å². The molecule has 0 heterocycles. The lowest BCUT2D eigenvalue weighted by Crippen LogP contribution is -2.26. The first kappa shape index (κ1) is 18.9. The van der Waals surface area contributed by atoms with Gasteiger partial charge in [-0.2, -0.15) is 0 Å². The van der Waals surface area contributed by atoms with Crippen LogP contribution in [0.15, 0.2) is 72.8 Å². The fourth-order valence-corrected chi connectivity index (χ4v) is 4.20. The molecule has 28 heavy (non-hydrogen) atoms. The summed E-state index contributed by atoms with van der Waals surface area (Å²) in [6.45, 7) is 0. The molecule has 2 aliphatic rings. The average molecular weight is 374 g/mol. The van der Waals surface area contributed by atoms with E-state index in [0.717, 1.165) is 24.0 Å². The van der Waals surface area contributed by atoms with Gasteiger partial charge in [0.05, 0.1) is 11.2 Å². The van der Waals surface area contributed by atoms with Gasteiger partial charge in [-0.05, 0) is 49.7 Å². The molecule has 2 aliphatic carbocycles. The topological polar surface area (TPSA) is 57.5 Å².